The summed E-state index contributed by atoms with van der Waals surface area (Å²) in [5.74, 6) is 1.65. The van der Waals surface area contributed by atoms with Crippen molar-refractivity contribution < 1.29 is 4.79 Å². The third kappa shape index (κ3) is 5.22. The van der Waals surface area contributed by atoms with Gasteiger partial charge in [0, 0.05) is 43.0 Å². The number of hydrogen-bond donors (Lipinski definition) is 2. The van der Waals surface area contributed by atoms with E-state index >= 15 is 0 Å². The molecule has 30 heavy (non-hydrogen) atoms. The van der Waals surface area contributed by atoms with Gasteiger partial charge in [-0.15, -0.1) is 0 Å². The molecule has 0 saturated heterocycles. The lowest BCUT2D eigenvalue weighted by atomic mass is 9.82. The Balaban J connectivity index is 1.54. The topological polar surface area (TPSA) is 70.1 Å². The summed E-state index contributed by atoms with van der Waals surface area (Å²) in [5, 5.41) is 7.39. The number of carbonyl (C=O) groups is 1. The van der Waals surface area contributed by atoms with Crippen LogP contribution in [0.15, 0.2) is 30.5 Å². The van der Waals surface area contributed by atoms with E-state index in [2.05, 4.69) is 20.6 Å². The van der Waals surface area contributed by atoms with Crippen LogP contribution in [0.2, 0.25) is 5.02 Å². The van der Waals surface area contributed by atoms with E-state index in [1.165, 1.54) is 0 Å². The van der Waals surface area contributed by atoms with Crippen molar-refractivity contribution in [3.05, 3.63) is 46.6 Å². The molecule has 2 aromatic rings. The fraction of sp³-hybridized carbons (Fsp3) is 0.522. The van der Waals surface area contributed by atoms with Gasteiger partial charge in [-0.05, 0) is 64.2 Å². The summed E-state index contributed by atoms with van der Waals surface area (Å²) >= 11 is 5.98. The Morgan fingerprint density at radius 2 is 1.70 bits per heavy atom. The largest absolute Gasteiger partial charge is 0.362 e. The smallest absolute Gasteiger partial charge is 0.230 e. The van der Waals surface area contributed by atoms with Crippen LogP contribution in [-0.2, 0) is 10.2 Å². The van der Waals surface area contributed by atoms with Crippen molar-refractivity contribution in [2.75, 3.05) is 24.3 Å². The van der Waals surface area contributed by atoms with Gasteiger partial charge in [-0.25, -0.2) is 4.98 Å². The summed E-state index contributed by atoms with van der Waals surface area (Å²) in [6.45, 7) is 5.92. The van der Waals surface area contributed by atoms with Gasteiger partial charge < -0.3 is 15.5 Å². The van der Waals surface area contributed by atoms with Crippen molar-refractivity contribution in [1.29, 1.82) is 0 Å². The first kappa shape index (κ1) is 22.3. The van der Waals surface area contributed by atoms with Gasteiger partial charge in [-0.3, -0.25) is 4.79 Å². The van der Waals surface area contributed by atoms with E-state index in [0.717, 1.165) is 42.6 Å². The summed E-state index contributed by atoms with van der Waals surface area (Å²) in [6.07, 6.45) is 5.68. The number of aromatic nitrogens is 2. The van der Waals surface area contributed by atoms with Gasteiger partial charge in [-0.1, -0.05) is 23.7 Å². The molecule has 1 saturated carbocycles. The molecular formula is C23H32ClN5O. The Kier molecular flexibility index (Phi) is 6.86. The molecule has 6 nitrogen and oxygen atoms in total. The van der Waals surface area contributed by atoms with Gasteiger partial charge in [-0.2, -0.15) is 4.98 Å². The molecule has 1 aliphatic carbocycles. The number of hydrogen-bond acceptors (Lipinski definition) is 5. The van der Waals surface area contributed by atoms with Crippen LogP contribution < -0.4 is 15.5 Å². The van der Waals surface area contributed by atoms with Gasteiger partial charge >= 0.3 is 0 Å². The Morgan fingerprint density at radius 1 is 1.10 bits per heavy atom. The van der Waals surface area contributed by atoms with Crippen LogP contribution in [0.5, 0.6) is 0 Å². The fourth-order valence-electron chi connectivity index (χ4n) is 3.88. The van der Waals surface area contributed by atoms with Crippen LogP contribution in [0.4, 0.5) is 11.8 Å². The van der Waals surface area contributed by atoms with Gasteiger partial charge in [0.1, 0.15) is 5.82 Å². The summed E-state index contributed by atoms with van der Waals surface area (Å²) < 4.78 is 0. The first-order valence-corrected chi connectivity index (χ1v) is 10.9. The van der Waals surface area contributed by atoms with E-state index in [4.69, 9.17) is 11.6 Å². The van der Waals surface area contributed by atoms with Crippen LogP contribution in [0.3, 0.4) is 0 Å². The van der Waals surface area contributed by atoms with Crippen LogP contribution >= 0.6 is 11.6 Å². The SMILES string of the molecule is Cc1cnc(N[C@H]2CC[C@@H](NC(=O)C(C)(C)c3ccc(Cl)cc3)CC2)nc1N(C)C. The van der Waals surface area contributed by atoms with E-state index in [9.17, 15) is 4.79 Å². The first-order chi connectivity index (χ1) is 14.2. The quantitative estimate of drug-likeness (QED) is 0.715. The Bertz CT molecular complexity index is 874. The zero-order chi connectivity index (χ0) is 21.9. The molecule has 1 amide bonds. The molecule has 1 heterocycles. The minimum Gasteiger partial charge on any atom is -0.362 e. The summed E-state index contributed by atoms with van der Waals surface area (Å²) in [7, 11) is 3.97. The number of benzene rings is 1. The molecule has 0 radical (unpaired) electrons. The molecule has 3 rings (SSSR count). The van der Waals surface area contributed by atoms with Gasteiger partial charge in [0.25, 0.3) is 0 Å². The van der Waals surface area contributed by atoms with E-state index in [1.54, 1.807) is 0 Å². The lowest BCUT2D eigenvalue weighted by molar-refractivity contribution is -0.126. The predicted molar refractivity (Wildman–Crippen MR) is 123 cm³/mol. The van der Waals surface area contributed by atoms with Crippen molar-refractivity contribution >= 4 is 29.3 Å². The summed E-state index contributed by atoms with van der Waals surface area (Å²) in [6, 6.07) is 8.02. The average Bonchev–Trinajstić information content (AvgIpc) is 2.71. The normalized spacial score (nSPS) is 19.3. The minimum absolute atomic E-state index is 0.0544. The highest BCUT2D eigenvalue weighted by atomic mass is 35.5. The third-order valence-corrected chi connectivity index (χ3v) is 6.15. The molecule has 162 valence electrons. The Morgan fingerprint density at radius 3 is 2.30 bits per heavy atom. The number of rotatable bonds is 6. The second-order valence-electron chi connectivity index (χ2n) is 8.89. The fourth-order valence-corrected chi connectivity index (χ4v) is 4.01. The molecule has 2 N–H and O–H groups in total. The lowest BCUT2D eigenvalue weighted by Gasteiger charge is -2.33. The molecule has 1 aliphatic rings. The highest BCUT2D eigenvalue weighted by molar-refractivity contribution is 6.30. The zero-order valence-corrected chi connectivity index (χ0v) is 19.3. The number of carbonyl (C=O) groups excluding carboxylic acids is 1. The average molecular weight is 430 g/mol. The van der Waals surface area contributed by atoms with Gasteiger partial charge in [0.2, 0.25) is 11.9 Å². The molecule has 0 atom stereocenters. The maximum absolute atomic E-state index is 12.9. The molecule has 0 spiro atoms. The van der Waals surface area contributed by atoms with E-state index < -0.39 is 5.41 Å². The number of amides is 1. The van der Waals surface area contributed by atoms with Gasteiger partial charge in [0.15, 0.2) is 0 Å². The third-order valence-electron chi connectivity index (χ3n) is 5.90. The second-order valence-corrected chi connectivity index (χ2v) is 9.33. The van der Waals surface area contributed by atoms with Crippen LogP contribution in [0.25, 0.3) is 0 Å². The van der Waals surface area contributed by atoms with Crippen molar-refractivity contribution in [2.24, 2.45) is 0 Å². The van der Waals surface area contributed by atoms with Crippen LogP contribution in [0, 0.1) is 6.92 Å². The number of nitrogens with one attached hydrogen (secondary N) is 2. The molecule has 7 heteroatoms. The standard InChI is InChI=1S/C23H32ClN5O/c1-15-14-25-22(28-20(15)29(4)5)27-19-12-10-18(11-13-19)26-21(30)23(2,3)16-6-8-17(24)9-7-16/h6-9,14,18-19H,10-13H2,1-5H3,(H,26,30)(H,25,27,28)/t18-,19+. The minimum atomic E-state index is -0.599. The van der Waals surface area contributed by atoms with Crippen molar-refractivity contribution in [3.8, 4) is 0 Å². The molecular weight excluding hydrogens is 398 g/mol. The molecule has 0 bridgehead atoms. The van der Waals surface area contributed by atoms with E-state index in [1.807, 2.05) is 70.2 Å². The highest BCUT2D eigenvalue weighted by Gasteiger charge is 2.32. The zero-order valence-electron chi connectivity index (χ0n) is 18.5. The van der Waals surface area contributed by atoms with Gasteiger partial charge in [0.05, 0.1) is 5.41 Å². The van der Waals surface area contributed by atoms with Crippen LogP contribution in [0.1, 0.15) is 50.7 Å². The van der Waals surface area contributed by atoms with Crippen molar-refractivity contribution in [1.82, 2.24) is 15.3 Å². The second kappa shape index (κ2) is 9.21. The number of halogens is 1. The maximum atomic E-state index is 12.9. The van der Waals surface area contributed by atoms with Crippen molar-refractivity contribution in [3.63, 3.8) is 0 Å². The summed E-state index contributed by atoms with van der Waals surface area (Å²) in [4.78, 5) is 24.0. The predicted octanol–water partition coefficient (Wildman–Crippen LogP) is 4.32. The molecule has 1 aromatic carbocycles. The van der Waals surface area contributed by atoms with E-state index in [-0.39, 0.29) is 11.9 Å². The maximum Gasteiger partial charge on any atom is 0.230 e. The van der Waals surface area contributed by atoms with Crippen molar-refractivity contribution in [2.45, 2.75) is 64.0 Å². The lowest BCUT2D eigenvalue weighted by Crippen LogP contribution is -2.47. The number of nitrogens with zero attached hydrogens (tertiary/aromatic N) is 3. The highest BCUT2D eigenvalue weighted by Crippen LogP contribution is 2.27. The monoisotopic (exact) mass is 429 g/mol. The van der Waals surface area contributed by atoms with Crippen LogP contribution in [-0.4, -0.2) is 42.1 Å². The Hall–Kier alpha value is -2.34. The molecule has 0 unspecified atom stereocenters. The first-order valence-electron chi connectivity index (χ1n) is 10.5. The molecule has 1 aromatic heterocycles. The number of aryl methyl sites for hydroxylation is 1. The van der Waals surface area contributed by atoms with E-state index in [0.29, 0.717) is 17.0 Å². The molecule has 1 fully saturated rings. The Labute approximate surface area is 184 Å². The number of anilines is 2. The molecule has 0 aliphatic heterocycles. The summed E-state index contributed by atoms with van der Waals surface area (Å²) in [5.41, 5.74) is 1.42.